The zero-order chi connectivity index (χ0) is 24.7. The number of anilines is 1. The van der Waals surface area contributed by atoms with Crippen LogP contribution in [-0.2, 0) is 29.1 Å². The third-order valence-corrected chi connectivity index (χ3v) is 6.85. The Balaban J connectivity index is 2.16. The topological polar surface area (TPSA) is 90.0 Å². The highest BCUT2D eigenvalue weighted by Gasteiger charge is 2.29. The minimum atomic E-state index is -4.08. The lowest BCUT2D eigenvalue weighted by atomic mass is 10.0. The molecule has 34 heavy (non-hydrogen) atoms. The van der Waals surface area contributed by atoms with E-state index in [1.54, 1.807) is 56.3 Å². The van der Waals surface area contributed by atoms with Crippen molar-refractivity contribution in [3.8, 4) is 0 Å². The third-order valence-electron chi connectivity index (χ3n) is 5.08. The van der Waals surface area contributed by atoms with Crippen LogP contribution in [0.1, 0.15) is 25.0 Å². The number of aryl methyl sites for hydroxylation is 1. The van der Waals surface area contributed by atoms with E-state index in [9.17, 15) is 18.0 Å². The van der Waals surface area contributed by atoms with Crippen LogP contribution < -0.4 is 4.31 Å². The summed E-state index contributed by atoms with van der Waals surface area (Å²) >= 11 is 0. The molecule has 0 N–H and O–H groups in total. The van der Waals surface area contributed by atoms with Gasteiger partial charge in [-0.25, -0.2) is 13.2 Å². The molecule has 178 valence electrons. The van der Waals surface area contributed by atoms with Gasteiger partial charge in [0, 0.05) is 11.5 Å². The SMILES string of the molecule is CCOC(=O)/C=C/c1ccc(N(CC(=O)OCC)S(=O)(=O)c2ccc(C)cc2)c2ccccc12. The van der Waals surface area contributed by atoms with Crippen molar-refractivity contribution < 1.29 is 27.5 Å². The van der Waals surface area contributed by atoms with Gasteiger partial charge in [0.05, 0.1) is 23.8 Å². The molecule has 0 aliphatic heterocycles. The number of sulfonamides is 1. The number of hydrogen-bond donors (Lipinski definition) is 0. The Morgan fingerprint density at radius 3 is 2.18 bits per heavy atom. The van der Waals surface area contributed by atoms with Gasteiger partial charge < -0.3 is 9.47 Å². The van der Waals surface area contributed by atoms with E-state index < -0.39 is 28.5 Å². The molecule has 3 aromatic rings. The van der Waals surface area contributed by atoms with Crippen molar-refractivity contribution in [2.24, 2.45) is 0 Å². The van der Waals surface area contributed by atoms with Gasteiger partial charge in [-0.05, 0) is 56.0 Å². The van der Waals surface area contributed by atoms with E-state index in [1.165, 1.54) is 18.2 Å². The minimum absolute atomic E-state index is 0.0674. The number of hydrogen-bond acceptors (Lipinski definition) is 6. The van der Waals surface area contributed by atoms with Crippen molar-refractivity contribution in [2.45, 2.75) is 25.7 Å². The Labute approximate surface area is 199 Å². The fourth-order valence-electron chi connectivity index (χ4n) is 3.48. The molecule has 3 rings (SSSR count). The molecule has 0 saturated carbocycles. The van der Waals surface area contributed by atoms with Crippen molar-refractivity contribution in [3.05, 3.63) is 77.9 Å². The van der Waals surface area contributed by atoms with Gasteiger partial charge in [-0.2, -0.15) is 0 Å². The molecule has 0 saturated heterocycles. The number of carbonyl (C=O) groups is 2. The van der Waals surface area contributed by atoms with Gasteiger partial charge in [0.25, 0.3) is 10.0 Å². The normalized spacial score (nSPS) is 11.5. The molecular formula is C26H27NO6S. The van der Waals surface area contributed by atoms with Crippen LogP contribution in [0.3, 0.4) is 0 Å². The van der Waals surface area contributed by atoms with Gasteiger partial charge >= 0.3 is 11.9 Å². The molecule has 0 aliphatic carbocycles. The van der Waals surface area contributed by atoms with Crippen LogP contribution in [0.2, 0.25) is 0 Å². The highest BCUT2D eigenvalue weighted by Crippen LogP contribution is 2.33. The Kier molecular flexibility index (Phi) is 8.07. The fourth-order valence-corrected chi connectivity index (χ4v) is 4.91. The predicted octanol–water partition coefficient (Wildman–Crippen LogP) is 4.48. The second kappa shape index (κ2) is 11.0. The monoisotopic (exact) mass is 481 g/mol. The Morgan fingerprint density at radius 2 is 1.53 bits per heavy atom. The quantitative estimate of drug-likeness (QED) is 0.331. The highest BCUT2D eigenvalue weighted by atomic mass is 32.2. The van der Waals surface area contributed by atoms with E-state index >= 15 is 0 Å². The second-order valence-electron chi connectivity index (χ2n) is 7.43. The van der Waals surface area contributed by atoms with Crippen LogP contribution >= 0.6 is 0 Å². The van der Waals surface area contributed by atoms with E-state index in [4.69, 9.17) is 9.47 Å². The maximum atomic E-state index is 13.6. The van der Waals surface area contributed by atoms with Gasteiger partial charge in [-0.15, -0.1) is 0 Å². The maximum absolute atomic E-state index is 13.6. The van der Waals surface area contributed by atoms with Crippen LogP contribution in [0.5, 0.6) is 0 Å². The molecule has 3 aromatic carbocycles. The van der Waals surface area contributed by atoms with E-state index in [-0.39, 0.29) is 18.1 Å². The van der Waals surface area contributed by atoms with Crippen LogP contribution in [0, 0.1) is 6.92 Å². The lowest BCUT2D eigenvalue weighted by molar-refractivity contribution is -0.141. The van der Waals surface area contributed by atoms with Gasteiger partial charge in [0.1, 0.15) is 6.54 Å². The number of fused-ring (bicyclic) bond motifs is 1. The van der Waals surface area contributed by atoms with Crippen molar-refractivity contribution in [3.63, 3.8) is 0 Å². The lowest BCUT2D eigenvalue weighted by Crippen LogP contribution is -2.36. The summed E-state index contributed by atoms with van der Waals surface area (Å²) in [5, 5.41) is 1.32. The molecule has 0 heterocycles. The molecule has 8 heteroatoms. The predicted molar refractivity (Wildman–Crippen MR) is 132 cm³/mol. The Hall–Kier alpha value is -3.65. The van der Waals surface area contributed by atoms with Crippen LogP contribution in [0.15, 0.2) is 71.6 Å². The number of benzene rings is 3. The molecule has 0 aliphatic rings. The first-order valence-corrected chi connectivity index (χ1v) is 12.3. The van der Waals surface area contributed by atoms with Crippen LogP contribution in [0.25, 0.3) is 16.8 Å². The molecular weight excluding hydrogens is 454 g/mol. The molecule has 0 unspecified atom stereocenters. The number of carbonyl (C=O) groups excluding carboxylic acids is 2. The van der Waals surface area contributed by atoms with Gasteiger partial charge in [-0.1, -0.05) is 48.0 Å². The molecule has 0 atom stereocenters. The average molecular weight is 482 g/mol. The molecule has 0 fully saturated rings. The molecule has 0 spiro atoms. The summed E-state index contributed by atoms with van der Waals surface area (Å²) in [6.45, 7) is 5.17. The van der Waals surface area contributed by atoms with E-state index in [1.807, 2.05) is 19.1 Å². The van der Waals surface area contributed by atoms with Crippen molar-refractivity contribution in [1.82, 2.24) is 0 Å². The minimum Gasteiger partial charge on any atom is -0.465 e. The van der Waals surface area contributed by atoms with Crippen LogP contribution in [-0.4, -0.2) is 40.1 Å². The van der Waals surface area contributed by atoms with E-state index in [2.05, 4.69) is 0 Å². The summed E-state index contributed by atoms with van der Waals surface area (Å²) in [7, 11) is -4.08. The molecule has 7 nitrogen and oxygen atoms in total. The lowest BCUT2D eigenvalue weighted by Gasteiger charge is -2.25. The van der Waals surface area contributed by atoms with Crippen molar-refractivity contribution in [1.29, 1.82) is 0 Å². The molecule has 0 radical (unpaired) electrons. The smallest absolute Gasteiger partial charge is 0.330 e. The summed E-state index contributed by atoms with van der Waals surface area (Å²) in [5.41, 5.74) is 1.95. The number of nitrogens with zero attached hydrogens (tertiary/aromatic N) is 1. The molecule has 0 bridgehead atoms. The van der Waals surface area contributed by atoms with Crippen LogP contribution in [0.4, 0.5) is 5.69 Å². The number of ether oxygens (including phenoxy) is 2. The zero-order valence-electron chi connectivity index (χ0n) is 19.4. The fraction of sp³-hybridized carbons (Fsp3) is 0.231. The average Bonchev–Trinajstić information content (AvgIpc) is 2.82. The van der Waals surface area contributed by atoms with E-state index in [0.29, 0.717) is 22.0 Å². The van der Waals surface area contributed by atoms with Gasteiger partial charge in [0.15, 0.2) is 0 Å². The first kappa shape index (κ1) is 25.0. The van der Waals surface area contributed by atoms with Gasteiger partial charge in [0.2, 0.25) is 0 Å². The maximum Gasteiger partial charge on any atom is 0.330 e. The number of esters is 2. The summed E-state index contributed by atoms with van der Waals surface area (Å²) in [6.07, 6.45) is 2.94. The molecule has 0 amide bonds. The third kappa shape index (κ3) is 5.63. The summed E-state index contributed by atoms with van der Waals surface area (Å²) in [6, 6.07) is 17.0. The standard InChI is InChI=1S/C26H27NO6S/c1-4-32-25(28)17-13-20-12-16-24(23-9-7-6-8-22(20)23)27(18-26(29)33-5-2)34(30,31)21-14-10-19(3)11-15-21/h6-17H,4-5,18H2,1-3H3/b17-13+. The first-order valence-electron chi connectivity index (χ1n) is 10.9. The second-order valence-corrected chi connectivity index (χ2v) is 9.30. The molecule has 0 aromatic heterocycles. The summed E-state index contributed by atoms with van der Waals surface area (Å²) < 4.78 is 38.4. The van der Waals surface area contributed by atoms with Crippen molar-refractivity contribution >= 4 is 44.5 Å². The van der Waals surface area contributed by atoms with E-state index in [0.717, 1.165) is 9.87 Å². The zero-order valence-corrected chi connectivity index (χ0v) is 20.2. The Morgan fingerprint density at radius 1 is 0.882 bits per heavy atom. The van der Waals surface area contributed by atoms with Crippen molar-refractivity contribution in [2.75, 3.05) is 24.1 Å². The summed E-state index contributed by atoms with van der Waals surface area (Å²) in [5.74, 6) is -1.13. The number of rotatable bonds is 9. The summed E-state index contributed by atoms with van der Waals surface area (Å²) in [4.78, 5) is 24.3. The Bertz CT molecular complexity index is 1310. The largest absolute Gasteiger partial charge is 0.465 e. The first-order chi connectivity index (χ1) is 16.3. The highest BCUT2D eigenvalue weighted by molar-refractivity contribution is 7.92. The van der Waals surface area contributed by atoms with Gasteiger partial charge in [-0.3, -0.25) is 9.10 Å².